The number of nitriles is 1. The van der Waals surface area contributed by atoms with Gasteiger partial charge in [0, 0.05) is 13.2 Å². The number of hydrogen-bond donors (Lipinski definition) is 0. The molecule has 5 heteroatoms. The molecule has 0 saturated carbocycles. The van der Waals surface area contributed by atoms with Crippen molar-refractivity contribution in [1.82, 2.24) is 9.78 Å². The maximum atomic E-state index is 11.1. The Morgan fingerprint density at radius 3 is 3.17 bits per heavy atom. The van der Waals surface area contributed by atoms with Gasteiger partial charge in [-0.15, -0.1) is 0 Å². The molecule has 0 saturated heterocycles. The van der Waals surface area contributed by atoms with Crippen LogP contribution in [0.4, 0.5) is 0 Å². The molecule has 1 heterocycles. The summed E-state index contributed by atoms with van der Waals surface area (Å²) in [6, 6.07) is 3.23. The summed E-state index contributed by atoms with van der Waals surface area (Å²) in [6.45, 7) is -0.232. The van der Waals surface area contributed by atoms with E-state index in [9.17, 15) is 4.79 Å². The highest BCUT2D eigenvalue weighted by molar-refractivity contribution is 5.87. The molecular formula is C7H7N3O2. The number of carbonyl (C=O) groups excluding carboxylic acids is 1. The van der Waals surface area contributed by atoms with Crippen LogP contribution in [0.2, 0.25) is 0 Å². The number of esters is 1. The van der Waals surface area contributed by atoms with E-state index in [1.165, 1.54) is 16.9 Å². The molecule has 0 radical (unpaired) electrons. The molecule has 0 atom stereocenters. The van der Waals surface area contributed by atoms with Crippen molar-refractivity contribution >= 4 is 5.97 Å². The monoisotopic (exact) mass is 165 g/mol. The van der Waals surface area contributed by atoms with Gasteiger partial charge in [0.2, 0.25) is 0 Å². The first-order chi connectivity index (χ1) is 5.75. The zero-order valence-corrected chi connectivity index (χ0v) is 6.52. The van der Waals surface area contributed by atoms with Crippen LogP contribution in [-0.2, 0) is 11.8 Å². The lowest BCUT2D eigenvalue weighted by Gasteiger charge is -1.98. The van der Waals surface area contributed by atoms with Crippen LogP contribution in [0, 0.1) is 11.3 Å². The predicted molar refractivity (Wildman–Crippen MR) is 39.1 cm³/mol. The minimum atomic E-state index is -0.531. The molecule has 0 fully saturated rings. The van der Waals surface area contributed by atoms with Crippen molar-refractivity contribution in [3.05, 3.63) is 18.0 Å². The topological polar surface area (TPSA) is 67.9 Å². The first-order valence-corrected chi connectivity index (χ1v) is 3.28. The lowest BCUT2D eigenvalue weighted by atomic mass is 10.4. The lowest BCUT2D eigenvalue weighted by Crippen LogP contribution is -2.10. The van der Waals surface area contributed by atoms with Crippen molar-refractivity contribution in [2.75, 3.05) is 6.61 Å². The Bertz CT molecular complexity index is 324. The smallest absolute Gasteiger partial charge is 0.357 e. The fraction of sp³-hybridized carbons (Fsp3) is 0.286. The number of hydrogen-bond acceptors (Lipinski definition) is 4. The van der Waals surface area contributed by atoms with Gasteiger partial charge in [0.1, 0.15) is 11.8 Å². The zero-order chi connectivity index (χ0) is 8.97. The Labute approximate surface area is 69.2 Å². The molecule has 1 aromatic heterocycles. The van der Waals surface area contributed by atoms with Crippen molar-refractivity contribution < 1.29 is 9.53 Å². The molecule has 0 aromatic carbocycles. The van der Waals surface area contributed by atoms with Crippen LogP contribution in [0.25, 0.3) is 0 Å². The van der Waals surface area contributed by atoms with E-state index in [4.69, 9.17) is 5.26 Å². The number of carbonyl (C=O) groups is 1. The van der Waals surface area contributed by atoms with Crippen LogP contribution in [0.15, 0.2) is 12.3 Å². The normalized spacial score (nSPS) is 9.00. The van der Waals surface area contributed by atoms with E-state index in [2.05, 4.69) is 9.84 Å². The summed E-state index contributed by atoms with van der Waals surface area (Å²) in [5.74, 6) is -0.531. The largest absolute Gasteiger partial charge is 0.446 e. The second kappa shape index (κ2) is 3.53. The molecule has 0 spiro atoms. The fourth-order valence-electron chi connectivity index (χ4n) is 0.746. The van der Waals surface area contributed by atoms with Crippen molar-refractivity contribution in [3.8, 4) is 6.07 Å². The Balaban J connectivity index is 2.67. The predicted octanol–water partition coefficient (Wildman–Crippen LogP) is 0.100. The first kappa shape index (κ1) is 8.27. The van der Waals surface area contributed by atoms with Gasteiger partial charge < -0.3 is 4.74 Å². The quantitative estimate of drug-likeness (QED) is 0.583. The minimum Gasteiger partial charge on any atom is -0.446 e. The maximum absolute atomic E-state index is 11.1. The molecule has 0 bridgehead atoms. The second-order valence-corrected chi connectivity index (χ2v) is 2.07. The summed E-state index contributed by atoms with van der Waals surface area (Å²) in [5, 5.41) is 11.9. The van der Waals surface area contributed by atoms with Crippen LogP contribution >= 0.6 is 0 Å². The van der Waals surface area contributed by atoms with Gasteiger partial charge in [0.15, 0.2) is 6.61 Å². The summed E-state index contributed by atoms with van der Waals surface area (Å²) in [7, 11) is 1.63. The summed E-state index contributed by atoms with van der Waals surface area (Å²) < 4.78 is 5.94. The number of nitrogens with zero attached hydrogens (tertiary/aromatic N) is 3. The van der Waals surface area contributed by atoms with Gasteiger partial charge in [0.05, 0.1) is 0 Å². The molecule has 62 valence electrons. The lowest BCUT2D eigenvalue weighted by molar-refractivity contribution is 0.0542. The van der Waals surface area contributed by atoms with Crippen LogP contribution < -0.4 is 0 Å². The van der Waals surface area contributed by atoms with Crippen LogP contribution in [-0.4, -0.2) is 22.4 Å². The average Bonchev–Trinajstić information content (AvgIpc) is 2.47. The minimum absolute atomic E-state index is 0.232. The molecule has 0 aliphatic rings. The van der Waals surface area contributed by atoms with Gasteiger partial charge in [0.25, 0.3) is 0 Å². The molecule has 0 unspecified atom stereocenters. The van der Waals surface area contributed by atoms with Gasteiger partial charge in [-0.25, -0.2) is 4.79 Å². The van der Waals surface area contributed by atoms with E-state index >= 15 is 0 Å². The summed E-state index contributed by atoms with van der Waals surface area (Å²) in [4.78, 5) is 11.1. The zero-order valence-electron chi connectivity index (χ0n) is 6.52. The van der Waals surface area contributed by atoms with E-state index in [0.717, 1.165) is 0 Å². The number of aromatic nitrogens is 2. The SMILES string of the molecule is Cn1nccc1C(=O)OCC#N. The van der Waals surface area contributed by atoms with Crippen molar-refractivity contribution in [3.63, 3.8) is 0 Å². The maximum Gasteiger partial charge on any atom is 0.357 e. The van der Waals surface area contributed by atoms with Crippen LogP contribution in [0.3, 0.4) is 0 Å². The summed E-state index contributed by atoms with van der Waals surface area (Å²) >= 11 is 0. The highest BCUT2D eigenvalue weighted by Gasteiger charge is 2.09. The molecular weight excluding hydrogens is 158 g/mol. The highest BCUT2D eigenvalue weighted by Crippen LogP contribution is 1.98. The van der Waals surface area contributed by atoms with Crippen molar-refractivity contribution in [2.45, 2.75) is 0 Å². The average molecular weight is 165 g/mol. The summed E-state index contributed by atoms with van der Waals surface area (Å²) in [5.41, 5.74) is 0.338. The van der Waals surface area contributed by atoms with Gasteiger partial charge >= 0.3 is 5.97 Å². The molecule has 0 aliphatic heterocycles. The van der Waals surface area contributed by atoms with Crippen LogP contribution in [0.1, 0.15) is 10.5 Å². The Kier molecular flexibility index (Phi) is 2.43. The van der Waals surface area contributed by atoms with Crippen molar-refractivity contribution in [1.29, 1.82) is 5.26 Å². The number of aryl methyl sites for hydroxylation is 1. The molecule has 1 rings (SSSR count). The highest BCUT2D eigenvalue weighted by atomic mass is 16.5. The van der Waals surface area contributed by atoms with E-state index in [-0.39, 0.29) is 6.61 Å². The molecule has 0 N–H and O–H groups in total. The molecule has 1 aromatic rings. The number of ether oxygens (including phenoxy) is 1. The van der Waals surface area contributed by atoms with E-state index in [0.29, 0.717) is 5.69 Å². The Hall–Kier alpha value is -1.83. The molecule has 0 aliphatic carbocycles. The standard InChI is InChI=1S/C7H7N3O2/c1-10-6(2-4-9-10)7(11)12-5-3-8/h2,4H,5H2,1H3. The third-order valence-corrected chi connectivity index (χ3v) is 1.30. The third kappa shape index (κ3) is 1.61. The van der Waals surface area contributed by atoms with Gasteiger partial charge in [-0.1, -0.05) is 0 Å². The molecule has 12 heavy (non-hydrogen) atoms. The second-order valence-electron chi connectivity index (χ2n) is 2.07. The summed E-state index contributed by atoms with van der Waals surface area (Å²) in [6.07, 6.45) is 1.49. The van der Waals surface area contributed by atoms with E-state index < -0.39 is 5.97 Å². The third-order valence-electron chi connectivity index (χ3n) is 1.30. The van der Waals surface area contributed by atoms with Gasteiger partial charge in [-0.3, -0.25) is 4.68 Å². The fourth-order valence-corrected chi connectivity index (χ4v) is 0.746. The Morgan fingerprint density at radius 2 is 2.67 bits per heavy atom. The first-order valence-electron chi connectivity index (χ1n) is 3.28. The van der Waals surface area contributed by atoms with E-state index in [1.807, 2.05) is 0 Å². The van der Waals surface area contributed by atoms with Gasteiger partial charge in [-0.05, 0) is 6.07 Å². The van der Waals surface area contributed by atoms with E-state index in [1.54, 1.807) is 13.1 Å². The molecule has 5 nitrogen and oxygen atoms in total. The van der Waals surface area contributed by atoms with Gasteiger partial charge in [-0.2, -0.15) is 10.4 Å². The van der Waals surface area contributed by atoms with Crippen molar-refractivity contribution in [2.24, 2.45) is 7.05 Å². The number of rotatable bonds is 2. The van der Waals surface area contributed by atoms with Crippen LogP contribution in [0.5, 0.6) is 0 Å². The Morgan fingerprint density at radius 1 is 1.92 bits per heavy atom. The molecule has 0 amide bonds.